The minimum absolute atomic E-state index is 0.0665. The van der Waals surface area contributed by atoms with Crippen LogP contribution in [0.25, 0.3) is 0 Å². The van der Waals surface area contributed by atoms with Gasteiger partial charge >= 0.3 is 0 Å². The van der Waals surface area contributed by atoms with Crippen molar-refractivity contribution in [1.29, 1.82) is 0 Å². The first kappa shape index (κ1) is 12.2. The van der Waals surface area contributed by atoms with Crippen LogP contribution in [-0.4, -0.2) is 42.9 Å². The smallest absolute Gasteiger partial charge is 0.157 e. The first-order chi connectivity index (χ1) is 7.46. The summed E-state index contributed by atoms with van der Waals surface area (Å²) in [4.78, 5) is 4.55. The van der Waals surface area contributed by atoms with Crippen LogP contribution in [0.15, 0.2) is 4.99 Å². The van der Waals surface area contributed by atoms with Crippen molar-refractivity contribution in [3.63, 3.8) is 0 Å². The summed E-state index contributed by atoms with van der Waals surface area (Å²) in [7, 11) is -2.80. The molecule has 4 nitrogen and oxygen atoms in total. The maximum atomic E-state index is 11.3. The fraction of sp³-hybridized carbons (Fsp3) is 0.900. The number of nitrogens with zero attached hydrogens (tertiary/aromatic N) is 1. The molecule has 2 aliphatic rings. The number of nitrogens with one attached hydrogen (secondary N) is 1. The SMILES string of the molecule is CC1CSC(NC2CCS(=O)(=O)C2)=NC1C. The maximum absolute atomic E-state index is 11.3. The summed E-state index contributed by atoms with van der Waals surface area (Å²) in [5, 5.41) is 4.18. The van der Waals surface area contributed by atoms with Crippen LogP contribution in [0.4, 0.5) is 0 Å². The Labute approximate surface area is 101 Å². The van der Waals surface area contributed by atoms with E-state index >= 15 is 0 Å². The third-order valence-electron chi connectivity index (χ3n) is 3.19. The van der Waals surface area contributed by atoms with Gasteiger partial charge in [-0.1, -0.05) is 18.7 Å². The standard InChI is InChI=1S/C10H18N2O2S2/c1-7-5-15-10(11-8(7)2)12-9-3-4-16(13,14)6-9/h7-9H,3-6H2,1-2H3,(H,11,12). The summed E-state index contributed by atoms with van der Waals surface area (Å²) >= 11 is 1.71. The van der Waals surface area contributed by atoms with E-state index in [-0.39, 0.29) is 11.8 Å². The summed E-state index contributed by atoms with van der Waals surface area (Å²) in [6.07, 6.45) is 0.714. The van der Waals surface area contributed by atoms with Crippen molar-refractivity contribution in [2.75, 3.05) is 17.3 Å². The Morgan fingerprint density at radius 3 is 2.75 bits per heavy atom. The first-order valence-electron chi connectivity index (χ1n) is 5.64. The number of rotatable bonds is 1. The van der Waals surface area contributed by atoms with Crippen LogP contribution in [0.2, 0.25) is 0 Å². The largest absolute Gasteiger partial charge is 0.361 e. The summed E-state index contributed by atoms with van der Waals surface area (Å²) in [5.41, 5.74) is 0. The lowest BCUT2D eigenvalue weighted by molar-refractivity contribution is 0.531. The highest BCUT2D eigenvalue weighted by Crippen LogP contribution is 2.22. The van der Waals surface area contributed by atoms with Crippen LogP contribution in [-0.2, 0) is 9.84 Å². The highest BCUT2D eigenvalue weighted by Gasteiger charge is 2.29. The second-order valence-electron chi connectivity index (χ2n) is 4.71. The van der Waals surface area contributed by atoms with Crippen molar-refractivity contribution in [1.82, 2.24) is 5.32 Å². The van der Waals surface area contributed by atoms with Crippen molar-refractivity contribution in [2.45, 2.75) is 32.4 Å². The molecule has 0 aromatic heterocycles. The van der Waals surface area contributed by atoms with Crippen LogP contribution >= 0.6 is 11.8 Å². The Hall–Kier alpha value is -0.230. The lowest BCUT2D eigenvalue weighted by Crippen LogP contribution is -2.37. The average Bonchev–Trinajstić information content (AvgIpc) is 2.52. The van der Waals surface area contributed by atoms with Crippen LogP contribution < -0.4 is 5.32 Å². The van der Waals surface area contributed by atoms with Crippen molar-refractivity contribution >= 4 is 26.8 Å². The van der Waals surface area contributed by atoms with Crippen LogP contribution in [0.5, 0.6) is 0 Å². The molecular formula is C10H18N2O2S2. The normalized spacial score (nSPS) is 38.1. The summed E-state index contributed by atoms with van der Waals surface area (Å²) in [6.45, 7) is 4.30. The predicted octanol–water partition coefficient (Wildman–Crippen LogP) is 0.890. The molecule has 1 fully saturated rings. The third-order valence-corrected chi connectivity index (χ3v) is 6.14. The molecule has 0 spiro atoms. The van der Waals surface area contributed by atoms with Gasteiger partial charge in [0, 0.05) is 11.8 Å². The predicted molar refractivity (Wildman–Crippen MR) is 68.7 cm³/mol. The van der Waals surface area contributed by atoms with Crippen molar-refractivity contribution in [3.8, 4) is 0 Å². The van der Waals surface area contributed by atoms with E-state index in [4.69, 9.17) is 0 Å². The molecule has 0 aromatic rings. The molecular weight excluding hydrogens is 244 g/mol. The number of aliphatic imine (C=N–C) groups is 1. The van der Waals surface area contributed by atoms with Crippen LogP contribution in [0.1, 0.15) is 20.3 Å². The molecule has 3 atom stereocenters. The number of amidine groups is 1. The van der Waals surface area contributed by atoms with Crippen molar-refractivity contribution in [2.24, 2.45) is 10.9 Å². The van der Waals surface area contributed by atoms with E-state index in [0.717, 1.165) is 10.9 Å². The van der Waals surface area contributed by atoms with Gasteiger partial charge in [0.2, 0.25) is 0 Å². The number of thioether (sulfide) groups is 1. The molecule has 6 heteroatoms. The first-order valence-corrected chi connectivity index (χ1v) is 8.44. The van der Waals surface area contributed by atoms with Gasteiger partial charge in [0.1, 0.15) is 0 Å². The number of sulfone groups is 1. The second kappa shape index (κ2) is 4.56. The van der Waals surface area contributed by atoms with E-state index in [2.05, 4.69) is 24.2 Å². The van der Waals surface area contributed by atoms with E-state index in [1.807, 2.05) is 0 Å². The maximum Gasteiger partial charge on any atom is 0.157 e. The van der Waals surface area contributed by atoms with Gasteiger partial charge in [-0.25, -0.2) is 8.42 Å². The molecule has 0 saturated carbocycles. The van der Waals surface area contributed by atoms with Gasteiger partial charge in [-0.15, -0.1) is 0 Å². The van der Waals surface area contributed by atoms with E-state index in [9.17, 15) is 8.42 Å². The van der Waals surface area contributed by atoms with E-state index in [0.29, 0.717) is 24.1 Å². The van der Waals surface area contributed by atoms with Gasteiger partial charge in [0.05, 0.1) is 17.5 Å². The molecule has 0 aliphatic carbocycles. The van der Waals surface area contributed by atoms with E-state index < -0.39 is 9.84 Å². The molecule has 0 aromatic carbocycles. The van der Waals surface area contributed by atoms with Gasteiger partial charge in [-0.05, 0) is 19.3 Å². The zero-order chi connectivity index (χ0) is 11.8. The zero-order valence-corrected chi connectivity index (χ0v) is 11.3. The summed E-state index contributed by atoms with van der Waals surface area (Å²) < 4.78 is 22.6. The van der Waals surface area contributed by atoms with Crippen molar-refractivity contribution < 1.29 is 8.42 Å². The number of hydrogen-bond acceptors (Lipinski definition) is 5. The lowest BCUT2D eigenvalue weighted by atomic mass is 10.1. The quantitative estimate of drug-likeness (QED) is 0.762. The monoisotopic (exact) mass is 262 g/mol. The molecule has 1 saturated heterocycles. The highest BCUT2D eigenvalue weighted by molar-refractivity contribution is 8.13. The van der Waals surface area contributed by atoms with Gasteiger partial charge in [0.25, 0.3) is 0 Å². The minimum Gasteiger partial charge on any atom is -0.361 e. The molecule has 2 rings (SSSR count). The Balaban J connectivity index is 1.94. The molecule has 1 N–H and O–H groups in total. The van der Waals surface area contributed by atoms with E-state index in [1.165, 1.54) is 0 Å². The lowest BCUT2D eigenvalue weighted by Gasteiger charge is -2.25. The number of hydrogen-bond donors (Lipinski definition) is 1. The average molecular weight is 262 g/mol. The van der Waals surface area contributed by atoms with E-state index in [1.54, 1.807) is 11.8 Å². The molecule has 0 radical (unpaired) electrons. The molecule has 92 valence electrons. The molecule has 2 aliphatic heterocycles. The Bertz CT molecular complexity index is 392. The third kappa shape index (κ3) is 2.91. The highest BCUT2D eigenvalue weighted by atomic mass is 32.2. The Kier molecular flexibility index (Phi) is 3.49. The fourth-order valence-corrected chi connectivity index (χ4v) is 4.72. The Morgan fingerprint density at radius 1 is 1.44 bits per heavy atom. The Morgan fingerprint density at radius 2 is 2.19 bits per heavy atom. The summed E-state index contributed by atoms with van der Waals surface area (Å²) in [5.74, 6) is 2.24. The molecule has 0 amide bonds. The van der Waals surface area contributed by atoms with Crippen LogP contribution in [0, 0.1) is 5.92 Å². The van der Waals surface area contributed by atoms with Crippen molar-refractivity contribution in [3.05, 3.63) is 0 Å². The molecule has 3 unspecified atom stereocenters. The van der Waals surface area contributed by atoms with Gasteiger partial charge < -0.3 is 5.32 Å². The van der Waals surface area contributed by atoms with Gasteiger partial charge in [-0.3, -0.25) is 4.99 Å². The van der Waals surface area contributed by atoms with Crippen LogP contribution in [0.3, 0.4) is 0 Å². The minimum atomic E-state index is -2.80. The summed E-state index contributed by atoms with van der Waals surface area (Å²) in [6, 6.07) is 0.401. The van der Waals surface area contributed by atoms with Gasteiger partial charge in [0.15, 0.2) is 15.0 Å². The van der Waals surface area contributed by atoms with Gasteiger partial charge in [-0.2, -0.15) is 0 Å². The molecule has 2 heterocycles. The zero-order valence-electron chi connectivity index (χ0n) is 9.64. The fourth-order valence-electron chi connectivity index (χ4n) is 1.86. The topological polar surface area (TPSA) is 58.5 Å². The molecule has 16 heavy (non-hydrogen) atoms. The second-order valence-corrected chi connectivity index (χ2v) is 7.94. The molecule has 0 bridgehead atoms.